The molecule has 0 aliphatic carbocycles. The van der Waals surface area contributed by atoms with E-state index in [0.717, 1.165) is 11.8 Å². The van der Waals surface area contributed by atoms with Gasteiger partial charge >= 0.3 is 5.97 Å². The maximum atomic E-state index is 10.7. The average Bonchev–Trinajstić information content (AvgIpc) is 2.17. The van der Waals surface area contributed by atoms with Gasteiger partial charge in [0.25, 0.3) is 0 Å². The van der Waals surface area contributed by atoms with Crippen molar-refractivity contribution in [2.75, 3.05) is 0 Å². The van der Waals surface area contributed by atoms with Crippen LogP contribution in [-0.4, -0.2) is 17.4 Å². The molecule has 0 unspecified atom stereocenters. The zero-order chi connectivity index (χ0) is 11.4. The summed E-state index contributed by atoms with van der Waals surface area (Å²) in [6.07, 6.45) is 2.48. The summed E-state index contributed by atoms with van der Waals surface area (Å²) in [7, 11) is 0. The number of allylic oxidation sites excluding steroid dienone is 1. The summed E-state index contributed by atoms with van der Waals surface area (Å²) in [6.45, 7) is 3.43. The van der Waals surface area contributed by atoms with Crippen molar-refractivity contribution >= 4 is 18.3 Å². The summed E-state index contributed by atoms with van der Waals surface area (Å²) in [6, 6.07) is 4.97. The SMILES string of the molecule is CC(C=O)=Cc1ccc(C(=O)O)c(C)c1. The number of aldehydes is 1. The molecule has 0 fully saturated rings. The van der Waals surface area contributed by atoms with E-state index in [1.165, 1.54) is 0 Å². The third-order valence-electron chi connectivity index (χ3n) is 2.06. The van der Waals surface area contributed by atoms with E-state index in [2.05, 4.69) is 0 Å². The molecular formula is C12H12O3. The van der Waals surface area contributed by atoms with Gasteiger partial charge in [-0.15, -0.1) is 0 Å². The van der Waals surface area contributed by atoms with E-state index in [1.54, 1.807) is 38.1 Å². The van der Waals surface area contributed by atoms with Crippen molar-refractivity contribution in [3.8, 4) is 0 Å². The Balaban J connectivity index is 3.12. The van der Waals surface area contributed by atoms with Crippen LogP contribution < -0.4 is 0 Å². The zero-order valence-electron chi connectivity index (χ0n) is 8.65. The fraction of sp³-hybridized carbons (Fsp3) is 0.167. The van der Waals surface area contributed by atoms with Gasteiger partial charge in [0.1, 0.15) is 6.29 Å². The van der Waals surface area contributed by atoms with Gasteiger partial charge in [0.15, 0.2) is 0 Å². The molecule has 0 saturated heterocycles. The van der Waals surface area contributed by atoms with E-state index in [4.69, 9.17) is 5.11 Å². The molecule has 0 bridgehead atoms. The molecule has 15 heavy (non-hydrogen) atoms. The van der Waals surface area contributed by atoms with Crippen LogP contribution in [0.25, 0.3) is 6.08 Å². The Morgan fingerprint density at radius 3 is 2.53 bits per heavy atom. The first kappa shape index (κ1) is 11.2. The van der Waals surface area contributed by atoms with Crippen LogP contribution in [0.2, 0.25) is 0 Å². The van der Waals surface area contributed by atoms with Crippen molar-refractivity contribution in [1.82, 2.24) is 0 Å². The summed E-state index contributed by atoms with van der Waals surface area (Å²) in [4.78, 5) is 21.1. The number of rotatable bonds is 3. The van der Waals surface area contributed by atoms with Crippen molar-refractivity contribution in [3.05, 3.63) is 40.5 Å². The lowest BCUT2D eigenvalue weighted by Gasteiger charge is -2.02. The summed E-state index contributed by atoms with van der Waals surface area (Å²) in [5.41, 5.74) is 2.42. The fourth-order valence-corrected chi connectivity index (χ4v) is 1.31. The van der Waals surface area contributed by atoms with E-state index in [0.29, 0.717) is 11.1 Å². The number of aryl methyl sites for hydroxylation is 1. The van der Waals surface area contributed by atoms with Crippen molar-refractivity contribution in [1.29, 1.82) is 0 Å². The van der Waals surface area contributed by atoms with Crippen LogP contribution in [0.4, 0.5) is 0 Å². The van der Waals surface area contributed by atoms with Gasteiger partial charge in [0, 0.05) is 0 Å². The Hall–Kier alpha value is -1.90. The Morgan fingerprint density at radius 1 is 1.40 bits per heavy atom. The highest BCUT2D eigenvalue weighted by molar-refractivity contribution is 5.90. The molecule has 0 atom stereocenters. The predicted molar refractivity (Wildman–Crippen MR) is 57.9 cm³/mol. The second kappa shape index (κ2) is 4.55. The number of carbonyl (C=O) groups is 2. The van der Waals surface area contributed by atoms with Crippen molar-refractivity contribution < 1.29 is 14.7 Å². The number of benzene rings is 1. The smallest absolute Gasteiger partial charge is 0.335 e. The Kier molecular flexibility index (Phi) is 3.39. The summed E-state index contributed by atoms with van der Waals surface area (Å²) >= 11 is 0. The summed E-state index contributed by atoms with van der Waals surface area (Å²) < 4.78 is 0. The van der Waals surface area contributed by atoms with Crippen LogP contribution in [0.1, 0.15) is 28.4 Å². The Bertz CT molecular complexity index is 430. The Morgan fingerprint density at radius 2 is 2.07 bits per heavy atom. The second-order valence-corrected chi connectivity index (χ2v) is 3.39. The third-order valence-corrected chi connectivity index (χ3v) is 2.06. The molecule has 0 aliphatic heterocycles. The maximum Gasteiger partial charge on any atom is 0.335 e. The molecule has 0 aliphatic rings. The van der Waals surface area contributed by atoms with Gasteiger partial charge in [-0.2, -0.15) is 0 Å². The fourth-order valence-electron chi connectivity index (χ4n) is 1.31. The molecule has 1 rings (SSSR count). The molecule has 0 amide bonds. The normalized spacial score (nSPS) is 11.2. The van der Waals surface area contributed by atoms with Gasteiger partial charge in [-0.1, -0.05) is 12.1 Å². The maximum absolute atomic E-state index is 10.7. The van der Waals surface area contributed by atoms with Gasteiger partial charge in [0.05, 0.1) is 5.56 Å². The number of hydrogen-bond donors (Lipinski definition) is 1. The molecule has 3 heteroatoms. The lowest BCUT2D eigenvalue weighted by Crippen LogP contribution is -1.99. The molecule has 1 aromatic carbocycles. The minimum absolute atomic E-state index is 0.288. The molecule has 0 aromatic heterocycles. The van der Waals surface area contributed by atoms with Gasteiger partial charge in [-0.3, -0.25) is 4.79 Å². The predicted octanol–water partition coefficient (Wildman–Crippen LogP) is 2.30. The van der Waals surface area contributed by atoms with E-state index in [-0.39, 0.29) is 5.56 Å². The number of carboxylic acid groups (broad SMARTS) is 1. The first-order chi connectivity index (χ1) is 7.04. The van der Waals surface area contributed by atoms with Crippen LogP contribution >= 0.6 is 0 Å². The monoisotopic (exact) mass is 204 g/mol. The minimum atomic E-state index is -0.935. The Labute approximate surface area is 88.0 Å². The topological polar surface area (TPSA) is 54.4 Å². The van der Waals surface area contributed by atoms with Gasteiger partial charge < -0.3 is 5.11 Å². The van der Waals surface area contributed by atoms with E-state index in [9.17, 15) is 9.59 Å². The van der Waals surface area contributed by atoms with Gasteiger partial charge in [-0.05, 0) is 42.7 Å². The summed E-state index contributed by atoms with van der Waals surface area (Å²) in [5.74, 6) is -0.935. The molecule has 0 spiro atoms. The van der Waals surface area contributed by atoms with Crippen LogP contribution in [0.15, 0.2) is 23.8 Å². The second-order valence-electron chi connectivity index (χ2n) is 3.39. The largest absolute Gasteiger partial charge is 0.478 e. The highest BCUT2D eigenvalue weighted by atomic mass is 16.4. The van der Waals surface area contributed by atoms with Gasteiger partial charge in [0.2, 0.25) is 0 Å². The first-order valence-electron chi connectivity index (χ1n) is 4.52. The van der Waals surface area contributed by atoms with Crippen LogP contribution in [-0.2, 0) is 4.79 Å². The third kappa shape index (κ3) is 2.77. The zero-order valence-corrected chi connectivity index (χ0v) is 8.65. The molecule has 1 aromatic rings. The highest BCUT2D eigenvalue weighted by Gasteiger charge is 2.05. The van der Waals surface area contributed by atoms with Crippen molar-refractivity contribution in [3.63, 3.8) is 0 Å². The van der Waals surface area contributed by atoms with Crippen LogP contribution in [0, 0.1) is 6.92 Å². The molecular weight excluding hydrogens is 192 g/mol. The lowest BCUT2D eigenvalue weighted by molar-refractivity contribution is -0.104. The number of hydrogen-bond acceptors (Lipinski definition) is 2. The number of aromatic carboxylic acids is 1. The highest BCUT2D eigenvalue weighted by Crippen LogP contribution is 2.13. The molecule has 3 nitrogen and oxygen atoms in total. The number of carbonyl (C=O) groups excluding carboxylic acids is 1. The molecule has 78 valence electrons. The molecule has 0 heterocycles. The van der Waals surface area contributed by atoms with Crippen molar-refractivity contribution in [2.24, 2.45) is 0 Å². The molecule has 0 saturated carbocycles. The lowest BCUT2D eigenvalue weighted by atomic mass is 10.0. The first-order valence-corrected chi connectivity index (χ1v) is 4.52. The van der Waals surface area contributed by atoms with Crippen LogP contribution in [0.3, 0.4) is 0 Å². The van der Waals surface area contributed by atoms with Crippen LogP contribution in [0.5, 0.6) is 0 Å². The number of carboxylic acids is 1. The van der Waals surface area contributed by atoms with E-state index in [1.807, 2.05) is 0 Å². The van der Waals surface area contributed by atoms with Crippen molar-refractivity contribution in [2.45, 2.75) is 13.8 Å². The van der Waals surface area contributed by atoms with Gasteiger partial charge in [-0.25, -0.2) is 4.79 Å². The van der Waals surface area contributed by atoms with E-state index >= 15 is 0 Å². The standard InChI is InChI=1S/C12H12O3/c1-8(7-13)5-10-3-4-11(12(14)15)9(2)6-10/h3-7H,1-2H3,(H,14,15). The molecule has 1 N–H and O–H groups in total. The quantitative estimate of drug-likeness (QED) is 0.607. The molecule has 0 radical (unpaired) electrons. The van der Waals surface area contributed by atoms with E-state index < -0.39 is 5.97 Å². The average molecular weight is 204 g/mol. The summed E-state index contributed by atoms with van der Waals surface area (Å²) in [5, 5.41) is 8.81. The minimum Gasteiger partial charge on any atom is -0.478 e.